The molecule has 0 unspecified atom stereocenters. The van der Waals surface area contributed by atoms with Crippen molar-refractivity contribution in [2.75, 3.05) is 7.11 Å². The Bertz CT molecular complexity index is 1090. The average Bonchev–Trinajstić information content (AvgIpc) is 2.97. The van der Waals surface area contributed by atoms with Crippen molar-refractivity contribution in [3.05, 3.63) is 69.6 Å². The number of hydrogen-bond acceptors (Lipinski definition) is 3. The normalized spacial score (nSPS) is 14.8. The van der Waals surface area contributed by atoms with Crippen LogP contribution in [0.2, 0.25) is 5.02 Å². The van der Waals surface area contributed by atoms with Crippen molar-refractivity contribution < 1.29 is 22.7 Å². The Morgan fingerprint density at radius 2 is 2.03 bits per heavy atom. The lowest BCUT2D eigenvalue weighted by Gasteiger charge is -2.26. The van der Waals surface area contributed by atoms with Gasteiger partial charge in [0.05, 0.1) is 23.9 Å². The molecular weight excluding hydrogens is 405 g/mol. The summed E-state index contributed by atoms with van der Waals surface area (Å²) in [5.41, 5.74) is 1.73. The van der Waals surface area contributed by atoms with E-state index in [4.69, 9.17) is 16.3 Å². The minimum Gasteiger partial charge on any atom is -0.465 e. The molecule has 8 heteroatoms. The number of nitrogens with zero attached hydrogens (tertiary/aromatic N) is 2. The molecule has 29 heavy (non-hydrogen) atoms. The maximum absolute atomic E-state index is 13.5. The van der Waals surface area contributed by atoms with Crippen LogP contribution in [-0.4, -0.2) is 22.5 Å². The van der Waals surface area contributed by atoms with Gasteiger partial charge in [-0.2, -0.15) is 13.2 Å². The van der Waals surface area contributed by atoms with E-state index in [1.165, 1.54) is 19.2 Å². The van der Waals surface area contributed by atoms with Crippen LogP contribution in [-0.2, 0) is 17.3 Å². The van der Waals surface area contributed by atoms with Crippen molar-refractivity contribution in [2.24, 2.45) is 0 Å². The van der Waals surface area contributed by atoms with Gasteiger partial charge in [-0.3, -0.25) is 0 Å². The van der Waals surface area contributed by atoms with Crippen molar-refractivity contribution in [1.29, 1.82) is 0 Å². The molecule has 0 N–H and O–H groups in total. The summed E-state index contributed by atoms with van der Waals surface area (Å²) in [6.07, 6.45) is 0.268. The molecule has 1 aromatic carbocycles. The minimum absolute atomic E-state index is 0.0348. The van der Waals surface area contributed by atoms with Gasteiger partial charge in [0.1, 0.15) is 5.65 Å². The summed E-state index contributed by atoms with van der Waals surface area (Å²) in [7, 11) is 1.29. The Labute approximate surface area is 170 Å². The molecule has 2 heterocycles. The van der Waals surface area contributed by atoms with E-state index in [-0.39, 0.29) is 22.9 Å². The van der Waals surface area contributed by atoms with Crippen LogP contribution in [0.5, 0.6) is 0 Å². The third-order valence-corrected chi connectivity index (χ3v) is 5.62. The molecule has 1 aliphatic rings. The van der Waals surface area contributed by atoms with Crippen LogP contribution in [0.3, 0.4) is 0 Å². The highest BCUT2D eigenvalue weighted by molar-refractivity contribution is 6.30. The smallest absolute Gasteiger partial charge is 0.416 e. The van der Waals surface area contributed by atoms with Gasteiger partial charge in [0, 0.05) is 29.3 Å². The van der Waals surface area contributed by atoms with E-state index in [0.717, 1.165) is 31.0 Å². The Kier molecular flexibility index (Phi) is 5.02. The van der Waals surface area contributed by atoms with Crippen molar-refractivity contribution >= 4 is 23.2 Å². The highest BCUT2D eigenvalue weighted by Crippen LogP contribution is 2.40. The maximum Gasteiger partial charge on any atom is 0.416 e. The van der Waals surface area contributed by atoms with Crippen LogP contribution in [0.15, 0.2) is 36.5 Å². The van der Waals surface area contributed by atoms with Gasteiger partial charge in [0.15, 0.2) is 0 Å². The van der Waals surface area contributed by atoms with E-state index in [9.17, 15) is 18.0 Å². The summed E-state index contributed by atoms with van der Waals surface area (Å²) in [5.74, 6) is -0.245. The molecule has 4 nitrogen and oxygen atoms in total. The predicted molar refractivity (Wildman–Crippen MR) is 102 cm³/mol. The molecule has 1 saturated carbocycles. The zero-order chi connectivity index (χ0) is 20.8. The standard InChI is InChI=1S/C21H18ClF3N2O2/c1-29-20(28)14-7-8-27-18(10-14)26-17(19(27)12-3-2-4-12)9-13-5-6-15(22)11-16(13)21(23,24)25/h5-8,10-12H,2-4,9H2,1H3. The summed E-state index contributed by atoms with van der Waals surface area (Å²) >= 11 is 5.80. The first-order valence-corrected chi connectivity index (χ1v) is 9.60. The molecule has 3 aromatic rings. The molecule has 0 radical (unpaired) electrons. The Hall–Kier alpha value is -2.54. The van der Waals surface area contributed by atoms with Gasteiger partial charge in [-0.15, -0.1) is 0 Å². The van der Waals surface area contributed by atoms with Crippen LogP contribution >= 0.6 is 11.6 Å². The Balaban J connectivity index is 1.82. The third-order valence-electron chi connectivity index (χ3n) is 5.39. The molecule has 0 aliphatic heterocycles. The van der Waals surface area contributed by atoms with Crippen LogP contribution < -0.4 is 0 Å². The molecule has 2 aromatic heterocycles. The zero-order valence-electron chi connectivity index (χ0n) is 15.6. The minimum atomic E-state index is -4.51. The second-order valence-electron chi connectivity index (χ2n) is 7.18. The number of methoxy groups -OCH3 is 1. The third kappa shape index (κ3) is 3.71. The number of fused-ring (bicyclic) bond motifs is 1. The fourth-order valence-corrected chi connectivity index (χ4v) is 3.92. The molecule has 0 amide bonds. The first kappa shape index (κ1) is 19.8. The molecule has 1 fully saturated rings. The van der Waals surface area contributed by atoms with Crippen molar-refractivity contribution in [2.45, 2.75) is 37.8 Å². The first-order valence-electron chi connectivity index (χ1n) is 9.22. The molecule has 0 spiro atoms. The number of imidazole rings is 1. The van der Waals surface area contributed by atoms with E-state index < -0.39 is 17.7 Å². The molecular formula is C21H18ClF3N2O2. The summed E-state index contributed by atoms with van der Waals surface area (Å²) in [6.45, 7) is 0. The van der Waals surface area contributed by atoms with E-state index in [2.05, 4.69) is 4.98 Å². The van der Waals surface area contributed by atoms with Gasteiger partial charge in [0.25, 0.3) is 0 Å². The zero-order valence-corrected chi connectivity index (χ0v) is 16.3. The van der Waals surface area contributed by atoms with Crippen LogP contribution in [0.1, 0.15) is 58.1 Å². The first-order chi connectivity index (χ1) is 13.8. The van der Waals surface area contributed by atoms with Gasteiger partial charge in [-0.05, 0) is 42.7 Å². The van der Waals surface area contributed by atoms with Gasteiger partial charge >= 0.3 is 12.1 Å². The SMILES string of the molecule is COC(=O)c1ccn2c(C3CCC3)c(Cc3ccc(Cl)cc3C(F)(F)F)nc2c1. The van der Waals surface area contributed by atoms with Crippen LogP contribution in [0, 0.1) is 0 Å². The van der Waals surface area contributed by atoms with Crippen molar-refractivity contribution in [1.82, 2.24) is 9.38 Å². The molecule has 0 saturated heterocycles. The monoisotopic (exact) mass is 422 g/mol. The number of carbonyl (C=O) groups excluding carboxylic acids is 1. The Morgan fingerprint density at radius 3 is 2.66 bits per heavy atom. The van der Waals surface area contributed by atoms with Gasteiger partial charge in [-0.1, -0.05) is 24.1 Å². The summed E-state index contributed by atoms with van der Waals surface area (Å²) in [5, 5.41) is 0.0398. The summed E-state index contributed by atoms with van der Waals surface area (Å²) in [6, 6.07) is 7.05. The number of benzene rings is 1. The topological polar surface area (TPSA) is 43.6 Å². The lowest BCUT2D eigenvalue weighted by molar-refractivity contribution is -0.138. The van der Waals surface area contributed by atoms with Crippen molar-refractivity contribution in [3.63, 3.8) is 0 Å². The maximum atomic E-state index is 13.5. The molecule has 152 valence electrons. The molecule has 0 bridgehead atoms. The van der Waals surface area contributed by atoms with Crippen LogP contribution in [0.25, 0.3) is 5.65 Å². The van der Waals surface area contributed by atoms with E-state index >= 15 is 0 Å². The number of hydrogen-bond donors (Lipinski definition) is 0. The largest absolute Gasteiger partial charge is 0.465 e. The highest BCUT2D eigenvalue weighted by Gasteiger charge is 2.34. The van der Waals surface area contributed by atoms with E-state index in [1.807, 2.05) is 4.40 Å². The van der Waals surface area contributed by atoms with Gasteiger partial charge in [0.2, 0.25) is 0 Å². The fourth-order valence-electron chi connectivity index (χ4n) is 3.75. The van der Waals surface area contributed by atoms with Crippen molar-refractivity contribution in [3.8, 4) is 0 Å². The van der Waals surface area contributed by atoms with Gasteiger partial charge in [-0.25, -0.2) is 9.78 Å². The number of carbonyl (C=O) groups is 1. The lowest BCUT2D eigenvalue weighted by atomic mass is 9.81. The quantitative estimate of drug-likeness (QED) is 0.510. The number of esters is 1. The second-order valence-corrected chi connectivity index (χ2v) is 7.62. The number of alkyl halides is 3. The highest BCUT2D eigenvalue weighted by atomic mass is 35.5. The van der Waals surface area contributed by atoms with Crippen LogP contribution in [0.4, 0.5) is 13.2 Å². The van der Waals surface area contributed by atoms with Gasteiger partial charge < -0.3 is 9.14 Å². The fraction of sp³-hybridized carbons (Fsp3) is 0.333. The average molecular weight is 423 g/mol. The number of pyridine rings is 1. The molecule has 1 aliphatic carbocycles. The number of rotatable bonds is 4. The second kappa shape index (κ2) is 7.37. The van der Waals surface area contributed by atoms with E-state index in [1.54, 1.807) is 18.3 Å². The summed E-state index contributed by atoms with van der Waals surface area (Å²) in [4.78, 5) is 16.4. The Morgan fingerprint density at radius 1 is 1.28 bits per heavy atom. The predicted octanol–water partition coefficient (Wildman–Crippen LogP) is 5.65. The van der Waals surface area contributed by atoms with E-state index in [0.29, 0.717) is 16.9 Å². The number of ether oxygens (including phenoxy) is 1. The number of aromatic nitrogens is 2. The number of halogens is 4. The lowest BCUT2D eigenvalue weighted by Crippen LogP contribution is -2.15. The summed E-state index contributed by atoms with van der Waals surface area (Å²) < 4.78 is 47.2. The molecule has 4 rings (SSSR count). The molecule has 0 atom stereocenters.